The van der Waals surface area contributed by atoms with Crippen LogP contribution in [-0.4, -0.2) is 33.6 Å². The van der Waals surface area contributed by atoms with Gasteiger partial charge in [0, 0.05) is 35.1 Å². The van der Waals surface area contributed by atoms with Gasteiger partial charge >= 0.3 is 12.0 Å². The number of hydrogen-bond acceptors (Lipinski definition) is 6. The summed E-state index contributed by atoms with van der Waals surface area (Å²) in [6.07, 6.45) is 5.20. The molecule has 10 heteroatoms. The molecule has 3 aromatic carbocycles. The highest BCUT2D eigenvalue weighted by atomic mass is 35.5. The lowest BCUT2D eigenvalue weighted by Gasteiger charge is -2.15. The maximum atomic E-state index is 12.3. The largest absolute Gasteiger partial charge is 0.489 e. The van der Waals surface area contributed by atoms with E-state index >= 15 is 0 Å². The smallest absolute Gasteiger partial charge is 0.337 e. The first-order valence-electron chi connectivity index (χ1n) is 13.7. The number of amides is 2. The second-order valence-corrected chi connectivity index (χ2v) is 10.1. The van der Waals surface area contributed by atoms with Crippen LogP contribution in [0.5, 0.6) is 11.5 Å². The zero-order valence-corrected chi connectivity index (χ0v) is 24.2. The molecule has 1 aromatic heterocycles. The number of carboxylic acids is 1. The Kier molecular flexibility index (Phi) is 10.7. The number of benzene rings is 3. The Morgan fingerprint density at radius 3 is 2.26 bits per heavy atom. The second-order valence-electron chi connectivity index (χ2n) is 9.68. The fourth-order valence-electron chi connectivity index (χ4n) is 4.14. The fraction of sp³-hybridized carbons (Fsp3) is 0.250. The number of nitrogens with one attached hydrogen (secondary N) is 2. The number of nitrogens with zero attached hydrogens (tertiary/aromatic N) is 2. The van der Waals surface area contributed by atoms with Crippen LogP contribution in [-0.2, 0) is 13.2 Å². The number of halogens is 1. The molecule has 0 unspecified atom stereocenters. The van der Waals surface area contributed by atoms with E-state index in [1.807, 2.05) is 48.5 Å². The van der Waals surface area contributed by atoms with E-state index in [-0.39, 0.29) is 17.9 Å². The van der Waals surface area contributed by atoms with Crippen molar-refractivity contribution in [2.75, 3.05) is 11.9 Å². The quantitative estimate of drug-likeness (QED) is 0.151. The number of urea groups is 1. The molecule has 0 spiro atoms. The molecule has 1 heterocycles. The Bertz CT molecular complexity index is 1510. The van der Waals surface area contributed by atoms with Gasteiger partial charge in [0.25, 0.3) is 0 Å². The molecule has 4 rings (SSSR count). The van der Waals surface area contributed by atoms with Crippen LogP contribution in [0.3, 0.4) is 0 Å². The van der Waals surface area contributed by atoms with E-state index in [0.29, 0.717) is 47.0 Å². The molecule has 0 saturated carbocycles. The summed E-state index contributed by atoms with van der Waals surface area (Å²) in [7, 11) is 0. The molecule has 218 valence electrons. The van der Waals surface area contributed by atoms with Gasteiger partial charge in [0.05, 0.1) is 11.3 Å². The van der Waals surface area contributed by atoms with Crippen LogP contribution in [0.2, 0.25) is 5.02 Å². The van der Waals surface area contributed by atoms with Crippen LogP contribution in [0, 0.1) is 5.92 Å². The van der Waals surface area contributed by atoms with Crippen molar-refractivity contribution in [1.29, 1.82) is 0 Å². The standard InChI is InChI=1S/C32H33ClN4O5/c1-3-21(4-2)16-36-32(40)37-29-12-11-27(15-28(29)31(38)39)42-20-23-17-34-30(35-18-23)24-8-6-10-26(14-24)41-19-22-7-5-9-25(33)13-22/h5-15,17-18,21H,3-4,16,19-20H2,1-2H3,(H,38,39)(H2,36,37,40). The third kappa shape index (κ3) is 8.68. The van der Waals surface area contributed by atoms with E-state index in [9.17, 15) is 14.7 Å². The first-order valence-corrected chi connectivity index (χ1v) is 14.1. The Morgan fingerprint density at radius 1 is 0.881 bits per heavy atom. The lowest BCUT2D eigenvalue weighted by molar-refractivity contribution is 0.0697. The van der Waals surface area contributed by atoms with E-state index < -0.39 is 12.0 Å². The van der Waals surface area contributed by atoms with Gasteiger partial charge in [-0.1, -0.05) is 62.6 Å². The minimum absolute atomic E-state index is 0.0748. The number of carbonyl (C=O) groups excluding carboxylic acids is 1. The zero-order valence-electron chi connectivity index (χ0n) is 23.5. The maximum Gasteiger partial charge on any atom is 0.337 e. The van der Waals surface area contributed by atoms with Crippen LogP contribution >= 0.6 is 11.6 Å². The van der Waals surface area contributed by atoms with Crippen molar-refractivity contribution < 1.29 is 24.2 Å². The number of ether oxygens (including phenoxy) is 2. The summed E-state index contributed by atoms with van der Waals surface area (Å²) in [5.41, 5.74) is 2.57. The van der Waals surface area contributed by atoms with Crippen molar-refractivity contribution in [3.8, 4) is 22.9 Å². The van der Waals surface area contributed by atoms with Crippen molar-refractivity contribution in [2.45, 2.75) is 39.9 Å². The Balaban J connectivity index is 1.34. The summed E-state index contributed by atoms with van der Waals surface area (Å²) < 4.78 is 11.7. The van der Waals surface area contributed by atoms with E-state index in [0.717, 1.165) is 24.0 Å². The highest BCUT2D eigenvalue weighted by Gasteiger charge is 2.15. The summed E-state index contributed by atoms with van der Waals surface area (Å²) in [4.78, 5) is 33.1. The second kappa shape index (κ2) is 14.8. The Hall–Kier alpha value is -4.63. The molecule has 42 heavy (non-hydrogen) atoms. The van der Waals surface area contributed by atoms with E-state index in [4.69, 9.17) is 21.1 Å². The van der Waals surface area contributed by atoms with Gasteiger partial charge in [-0.2, -0.15) is 0 Å². The van der Waals surface area contributed by atoms with E-state index in [2.05, 4.69) is 34.4 Å². The van der Waals surface area contributed by atoms with Crippen LogP contribution in [0.1, 0.15) is 48.2 Å². The monoisotopic (exact) mass is 588 g/mol. The highest BCUT2D eigenvalue weighted by molar-refractivity contribution is 6.30. The minimum atomic E-state index is -1.18. The number of aromatic carboxylic acids is 1. The zero-order chi connectivity index (χ0) is 29.9. The molecular weight excluding hydrogens is 556 g/mol. The molecule has 0 bridgehead atoms. The SMILES string of the molecule is CCC(CC)CNC(=O)Nc1ccc(OCc2cnc(-c3cccc(OCc4cccc(Cl)c4)c3)nc2)cc1C(=O)O. The molecule has 0 fully saturated rings. The van der Waals surface area contributed by atoms with Gasteiger partial charge in [-0.3, -0.25) is 0 Å². The Morgan fingerprint density at radius 2 is 1.57 bits per heavy atom. The van der Waals surface area contributed by atoms with Gasteiger partial charge < -0.3 is 25.2 Å². The molecular formula is C32H33ClN4O5. The molecule has 0 atom stereocenters. The topological polar surface area (TPSA) is 123 Å². The number of aromatic nitrogens is 2. The van der Waals surface area contributed by atoms with Gasteiger partial charge in [0.1, 0.15) is 24.7 Å². The third-order valence-corrected chi connectivity index (χ3v) is 6.91. The van der Waals surface area contributed by atoms with Gasteiger partial charge in [0.2, 0.25) is 0 Å². The third-order valence-electron chi connectivity index (χ3n) is 6.67. The molecule has 0 aliphatic carbocycles. The summed E-state index contributed by atoms with van der Waals surface area (Å²) in [5.74, 6) is 0.733. The average Bonchev–Trinajstić information content (AvgIpc) is 3.00. The van der Waals surface area contributed by atoms with Gasteiger partial charge in [0.15, 0.2) is 5.82 Å². The number of carboxylic acid groups (broad SMARTS) is 1. The lowest BCUT2D eigenvalue weighted by atomic mass is 10.0. The van der Waals surface area contributed by atoms with Gasteiger partial charge in [-0.15, -0.1) is 0 Å². The van der Waals surface area contributed by atoms with Crippen molar-refractivity contribution in [2.24, 2.45) is 5.92 Å². The average molecular weight is 589 g/mol. The van der Waals surface area contributed by atoms with Gasteiger partial charge in [-0.05, 0) is 53.9 Å². The molecule has 0 saturated heterocycles. The van der Waals surface area contributed by atoms with Crippen LogP contribution in [0.15, 0.2) is 79.1 Å². The van der Waals surface area contributed by atoms with Crippen molar-refractivity contribution in [3.63, 3.8) is 0 Å². The molecule has 4 aromatic rings. The van der Waals surface area contributed by atoms with Crippen LogP contribution < -0.4 is 20.1 Å². The number of rotatable bonds is 13. The fourth-order valence-corrected chi connectivity index (χ4v) is 4.36. The van der Waals surface area contributed by atoms with E-state index in [1.54, 1.807) is 18.5 Å². The molecule has 0 aliphatic rings. The summed E-state index contributed by atoms with van der Waals surface area (Å²) in [5, 5.41) is 15.8. The first-order chi connectivity index (χ1) is 20.3. The minimum Gasteiger partial charge on any atom is -0.489 e. The lowest BCUT2D eigenvalue weighted by Crippen LogP contribution is -2.33. The summed E-state index contributed by atoms with van der Waals surface area (Å²) in [6.45, 7) is 5.16. The summed E-state index contributed by atoms with van der Waals surface area (Å²) >= 11 is 6.05. The normalized spacial score (nSPS) is 10.8. The molecule has 3 N–H and O–H groups in total. The molecule has 9 nitrogen and oxygen atoms in total. The predicted molar refractivity (Wildman–Crippen MR) is 162 cm³/mol. The molecule has 2 amide bonds. The van der Waals surface area contributed by atoms with Gasteiger partial charge in [-0.25, -0.2) is 19.6 Å². The van der Waals surface area contributed by atoms with Crippen LogP contribution in [0.4, 0.5) is 10.5 Å². The van der Waals surface area contributed by atoms with Crippen molar-refractivity contribution in [1.82, 2.24) is 15.3 Å². The van der Waals surface area contributed by atoms with Crippen LogP contribution in [0.25, 0.3) is 11.4 Å². The van der Waals surface area contributed by atoms with Crippen molar-refractivity contribution in [3.05, 3.63) is 101 Å². The highest BCUT2D eigenvalue weighted by Crippen LogP contribution is 2.25. The Labute approximate surface area is 249 Å². The molecule has 0 radical (unpaired) electrons. The molecule has 0 aliphatic heterocycles. The van der Waals surface area contributed by atoms with E-state index in [1.165, 1.54) is 12.1 Å². The van der Waals surface area contributed by atoms with Crippen molar-refractivity contribution >= 4 is 29.3 Å². The first kappa shape index (κ1) is 30.3. The number of hydrogen-bond donors (Lipinski definition) is 3. The number of carbonyl (C=O) groups is 2. The number of anilines is 1. The maximum absolute atomic E-state index is 12.3. The predicted octanol–water partition coefficient (Wildman–Crippen LogP) is 7.21. The summed E-state index contributed by atoms with van der Waals surface area (Å²) in [6, 6.07) is 19.0.